The van der Waals surface area contributed by atoms with E-state index in [2.05, 4.69) is 12.0 Å². The summed E-state index contributed by atoms with van der Waals surface area (Å²) in [6.45, 7) is 4.99. The molecule has 2 nitrogen and oxygen atoms in total. The molecule has 0 fully saturated rings. The molecular formula is C7H11BN2. The van der Waals surface area contributed by atoms with Crippen LogP contribution in [0.15, 0.2) is 6.20 Å². The van der Waals surface area contributed by atoms with Gasteiger partial charge in [-0.2, -0.15) is 5.10 Å². The van der Waals surface area contributed by atoms with E-state index >= 15 is 0 Å². The van der Waals surface area contributed by atoms with E-state index in [0.717, 1.165) is 24.1 Å². The summed E-state index contributed by atoms with van der Waals surface area (Å²) < 4.78 is 1.83. The van der Waals surface area contributed by atoms with Crippen molar-refractivity contribution in [1.82, 2.24) is 9.78 Å². The van der Waals surface area contributed by atoms with Crippen LogP contribution in [0.4, 0.5) is 0 Å². The molecule has 1 aromatic rings. The monoisotopic (exact) mass is 134 g/mol. The van der Waals surface area contributed by atoms with Gasteiger partial charge in [0.15, 0.2) is 0 Å². The number of aromatic nitrogens is 2. The van der Waals surface area contributed by atoms with E-state index in [1.54, 1.807) is 6.20 Å². The predicted molar refractivity (Wildman–Crippen MR) is 42.6 cm³/mol. The number of hydrogen-bond donors (Lipinski definition) is 0. The Hall–Kier alpha value is -0.725. The minimum atomic E-state index is 0.793. The van der Waals surface area contributed by atoms with Gasteiger partial charge in [-0.3, -0.25) is 4.68 Å². The minimum Gasteiger partial charge on any atom is -0.280 e. The highest BCUT2D eigenvalue weighted by Crippen LogP contribution is 1.90. The smallest absolute Gasteiger partial charge is 0.141 e. The van der Waals surface area contributed by atoms with E-state index in [-0.39, 0.29) is 0 Å². The Morgan fingerprint density at radius 3 is 2.80 bits per heavy atom. The molecule has 0 unspecified atom stereocenters. The zero-order valence-corrected chi connectivity index (χ0v) is 6.46. The first-order valence-electron chi connectivity index (χ1n) is 3.53. The van der Waals surface area contributed by atoms with Crippen molar-refractivity contribution in [3.63, 3.8) is 0 Å². The molecule has 0 spiro atoms. The largest absolute Gasteiger partial charge is 0.280 e. The normalized spacial score (nSPS) is 10.2. The van der Waals surface area contributed by atoms with Gasteiger partial charge in [0.25, 0.3) is 0 Å². The van der Waals surface area contributed by atoms with Crippen molar-refractivity contribution in [2.75, 3.05) is 0 Å². The molecule has 1 aromatic heterocycles. The lowest BCUT2D eigenvalue weighted by Crippen LogP contribution is -2.19. The third-order valence-corrected chi connectivity index (χ3v) is 1.51. The molecule has 0 aromatic carbocycles. The molecular weight excluding hydrogens is 123 g/mol. The summed E-state index contributed by atoms with van der Waals surface area (Å²) in [7, 11) is 5.69. The molecule has 2 radical (unpaired) electrons. The lowest BCUT2D eigenvalue weighted by molar-refractivity contribution is 0.617. The topological polar surface area (TPSA) is 17.8 Å². The fourth-order valence-electron chi connectivity index (χ4n) is 0.878. The summed E-state index contributed by atoms with van der Waals surface area (Å²) >= 11 is 0. The Morgan fingerprint density at radius 2 is 2.40 bits per heavy atom. The lowest BCUT2D eigenvalue weighted by atomic mass is 10.0. The third kappa shape index (κ3) is 1.23. The maximum Gasteiger partial charge on any atom is 0.141 e. The van der Waals surface area contributed by atoms with E-state index in [0.29, 0.717) is 0 Å². The maximum atomic E-state index is 5.69. The Morgan fingerprint density at radius 1 is 1.70 bits per heavy atom. The molecule has 0 N–H and O–H groups in total. The van der Waals surface area contributed by atoms with Gasteiger partial charge in [-0.15, -0.1) is 0 Å². The van der Waals surface area contributed by atoms with E-state index in [1.165, 1.54) is 0 Å². The Kier molecular flexibility index (Phi) is 2.15. The van der Waals surface area contributed by atoms with Crippen LogP contribution in [-0.2, 0) is 6.54 Å². The van der Waals surface area contributed by atoms with Gasteiger partial charge in [-0.25, -0.2) is 0 Å². The van der Waals surface area contributed by atoms with Gasteiger partial charge >= 0.3 is 0 Å². The number of nitrogens with zero attached hydrogens (tertiary/aromatic N) is 2. The number of hydrogen-bond acceptors (Lipinski definition) is 1. The summed E-state index contributed by atoms with van der Waals surface area (Å²) in [6, 6.07) is 0. The average molecular weight is 134 g/mol. The molecule has 0 atom stereocenters. The molecule has 52 valence electrons. The second-order valence-corrected chi connectivity index (χ2v) is 2.44. The van der Waals surface area contributed by atoms with Crippen LogP contribution < -0.4 is 5.59 Å². The molecule has 0 aliphatic rings. The molecule has 1 heterocycles. The van der Waals surface area contributed by atoms with Gasteiger partial charge in [-0.1, -0.05) is 6.92 Å². The van der Waals surface area contributed by atoms with E-state index in [4.69, 9.17) is 7.85 Å². The van der Waals surface area contributed by atoms with Crippen molar-refractivity contribution in [3.05, 3.63) is 11.8 Å². The zero-order chi connectivity index (χ0) is 7.56. The minimum absolute atomic E-state index is 0.793. The molecule has 0 saturated carbocycles. The molecule has 3 heteroatoms. The molecule has 0 aliphatic carbocycles. The van der Waals surface area contributed by atoms with Crippen molar-refractivity contribution in [1.29, 1.82) is 0 Å². The SMILES string of the molecule is [B]c1c(C)cnn1CCC. The van der Waals surface area contributed by atoms with Crippen LogP contribution >= 0.6 is 0 Å². The average Bonchev–Trinajstić information content (AvgIpc) is 2.20. The Balaban J connectivity index is 2.83. The van der Waals surface area contributed by atoms with E-state index in [9.17, 15) is 0 Å². The summed E-state index contributed by atoms with van der Waals surface area (Å²) in [5.41, 5.74) is 1.86. The first-order chi connectivity index (χ1) is 4.75. The van der Waals surface area contributed by atoms with E-state index in [1.807, 2.05) is 11.6 Å². The van der Waals surface area contributed by atoms with Crippen LogP contribution in [-0.4, -0.2) is 17.6 Å². The maximum absolute atomic E-state index is 5.69. The predicted octanol–water partition coefficient (Wildman–Crippen LogP) is 0.395. The number of rotatable bonds is 2. The van der Waals surface area contributed by atoms with Crippen LogP contribution in [0.5, 0.6) is 0 Å². The Labute approximate surface area is 62.7 Å². The molecule has 0 amide bonds. The highest BCUT2D eigenvalue weighted by Gasteiger charge is 1.98. The van der Waals surface area contributed by atoms with Crippen LogP contribution in [0.25, 0.3) is 0 Å². The van der Waals surface area contributed by atoms with Crippen LogP contribution in [0.3, 0.4) is 0 Å². The summed E-state index contributed by atoms with van der Waals surface area (Å²) in [4.78, 5) is 0. The van der Waals surface area contributed by atoms with Crippen molar-refractivity contribution < 1.29 is 0 Å². The summed E-state index contributed by atoms with van der Waals surface area (Å²) in [5, 5.41) is 4.10. The standard InChI is InChI=1S/C7H11BN2/c1-3-4-10-7(8)6(2)5-9-10/h5H,3-4H2,1-2H3. The van der Waals surface area contributed by atoms with Crippen molar-refractivity contribution in [2.45, 2.75) is 26.8 Å². The first kappa shape index (κ1) is 7.38. The fraction of sp³-hybridized carbons (Fsp3) is 0.571. The van der Waals surface area contributed by atoms with Gasteiger partial charge in [0.2, 0.25) is 0 Å². The highest BCUT2D eigenvalue weighted by atomic mass is 15.3. The van der Waals surface area contributed by atoms with E-state index < -0.39 is 0 Å². The highest BCUT2D eigenvalue weighted by molar-refractivity contribution is 6.31. The van der Waals surface area contributed by atoms with Gasteiger partial charge in [0.1, 0.15) is 7.85 Å². The fourth-order valence-corrected chi connectivity index (χ4v) is 0.878. The summed E-state index contributed by atoms with van der Waals surface area (Å²) in [6.07, 6.45) is 2.87. The molecule has 0 bridgehead atoms. The zero-order valence-electron chi connectivity index (χ0n) is 6.46. The molecule has 10 heavy (non-hydrogen) atoms. The molecule has 1 rings (SSSR count). The molecule has 0 saturated heterocycles. The lowest BCUT2D eigenvalue weighted by Gasteiger charge is -2.00. The summed E-state index contributed by atoms with van der Waals surface area (Å²) in [5.74, 6) is 0. The van der Waals surface area contributed by atoms with Crippen molar-refractivity contribution in [3.8, 4) is 0 Å². The second kappa shape index (κ2) is 2.91. The van der Waals surface area contributed by atoms with Crippen LogP contribution in [0.2, 0.25) is 0 Å². The van der Waals surface area contributed by atoms with Crippen LogP contribution in [0.1, 0.15) is 18.9 Å². The number of aryl methyl sites for hydroxylation is 2. The van der Waals surface area contributed by atoms with Crippen molar-refractivity contribution >= 4 is 13.4 Å². The van der Waals surface area contributed by atoms with Gasteiger partial charge in [-0.05, 0) is 24.5 Å². The van der Waals surface area contributed by atoms with Gasteiger partial charge in [0.05, 0.1) is 6.20 Å². The Bertz CT molecular complexity index is 217. The van der Waals surface area contributed by atoms with Gasteiger partial charge in [0, 0.05) is 6.54 Å². The van der Waals surface area contributed by atoms with Crippen molar-refractivity contribution in [2.24, 2.45) is 0 Å². The molecule has 0 aliphatic heterocycles. The third-order valence-electron chi connectivity index (χ3n) is 1.51. The van der Waals surface area contributed by atoms with Gasteiger partial charge < -0.3 is 0 Å². The first-order valence-corrected chi connectivity index (χ1v) is 3.53. The quantitative estimate of drug-likeness (QED) is 0.535. The second-order valence-electron chi connectivity index (χ2n) is 2.44. The van der Waals surface area contributed by atoms with Crippen LogP contribution in [0, 0.1) is 6.92 Å².